The summed E-state index contributed by atoms with van der Waals surface area (Å²) in [5, 5.41) is 1.66. The maximum atomic E-state index is 12.1. The van der Waals surface area contributed by atoms with Gasteiger partial charge in [0.05, 0.1) is 17.2 Å². The SMILES string of the molecule is CCOC(=O)C(Cc1ccc(OCc2sc(-c3ccc(Cl)cc3)nc2C)cc1C)OCC. The zero-order valence-electron chi connectivity index (χ0n) is 18.8. The van der Waals surface area contributed by atoms with Crippen LogP contribution >= 0.6 is 22.9 Å². The summed E-state index contributed by atoms with van der Waals surface area (Å²) in [7, 11) is 0. The Hall–Kier alpha value is -2.41. The zero-order chi connectivity index (χ0) is 23.1. The van der Waals surface area contributed by atoms with Gasteiger partial charge < -0.3 is 14.2 Å². The van der Waals surface area contributed by atoms with Crippen molar-refractivity contribution in [1.82, 2.24) is 4.98 Å². The fourth-order valence-corrected chi connectivity index (χ4v) is 4.37. The van der Waals surface area contributed by atoms with E-state index in [-0.39, 0.29) is 5.97 Å². The lowest BCUT2D eigenvalue weighted by Gasteiger charge is -2.17. The molecule has 1 heterocycles. The van der Waals surface area contributed by atoms with E-state index in [1.54, 1.807) is 18.3 Å². The van der Waals surface area contributed by atoms with E-state index in [4.69, 9.17) is 25.8 Å². The highest BCUT2D eigenvalue weighted by Gasteiger charge is 2.21. The van der Waals surface area contributed by atoms with Gasteiger partial charge in [0.15, 0.2) is 6.10 Å². The van der Waals surface area contributed by atoms with E-state index in [0.29, 0.717) is 31.3 Å². The fourth-order valence-electron chi connectivity index (χ4n) is 3.26. The smallest absolute Gasteiger partial charge is 0.335 e. The average Bonchev–Trinajstić information content (AvgIpc) is 3.14. The Kier molecular flexibility index (Phi) is 8.67. The van der Waals surface area contributed by atoms with Crippen molar-refractivity contribution >= 4 is 28.9 Å². The maximum absolute atomic E-state index is 12.1. The number of benzene rings is 2. The Balaban J connectivity index is 1.66. The van der Waals surface area contributed by atoms with Crippen molar-refractivity contribution in [1.29, 1.82) is 0 Å². The van der Waals surface area contributed by atoms with Gasteiger partial charge in [-0.1, -0.05) is 29.8 Å². The predicted molar refractivity (Wildman–Crippen MR) is 129 cm³/mol. The van der Waals surface area contributed by atoms with Gasteiger partial charge in [-0.15, -0.1) is 11.3 Å². The third kappa shape index (κ3) is 6.31. The summed E-state index contributed by atoms with van der Waals surface area (Å²) in [6, 6.07) is 13.6. The van der Waals surface area contributed by atoms with Crippen LogP contribution in [0.1, 0.15) is 35.5 Å². The summed E-state index contributed by atoms with van der Waals surface area (Å²) in [6.45, 7) is 8.90. The van der Waals surface area contributed by atoms with Gasteiger partial charge >= 0.3 is 5.97 Å². The molecule has 170 valence electrons. The van der Waals surface area contributed by atoms with Crippen molar-refractivity contribution in [3.63, 3.8) is 0 Å². The molecule has 1 unspecified atom stereocenters. The van der Waals surface area contributed by atoms with E-state index < -0.39 is 6.10 Å². The summed E-state index contributed by atoms with van der Waals surface area (Å²) >= 11 is 7.60. The molecule has 3 aromatic rings. The van der Waals surface area contributed by atoms with Crippen molar-refractivity contribution in [2.45, 2.75) is 46.8 Å². The Bertz CT molecular complexity index is 1050. The van der Waals surface area contributed by atoms with Gasteiger partial charge in [0.2, 0.25) is 0 Å². The molecule has 0 aliphatic heterocycles. The van der Waals surface area contributed by atoms with Crippen LogP contribution < -0.4 is 4.74 Å². The average molecular weight is 474 g/mol. The number of nitrogens with zero attached hydrogens (tertiary/aromatic N) is 1. The molecule has 3 rings (SSSR count). The van der Waals surface area contributed by atoms with Crippen LogP contribution in [0.5, 0.6) is 5.75 Å². The molecule has 0 aliphatic carbocycles. The minimum atomic E-state index is -0.600. The van der Waals surface area contributed by atoms with Gasteiger partial charge in [-0.2, -0.15) is 0 Å². The zero-order valence-corrected chi connectivity index (χ0v) is 20.4. The molecule has 0 fully saturated rings. The first-order chi connectivity index (χ1) is 15.4. The molecular weight excluding hydrogens is 446 g/mol. The van der Waals surface area contributed by atoms with E-state index in [1.165, 1.54) is 0 Å². The van der Waals surface area contributed by atoms with Crippen LogP contribution in [-0.4, -0.2) is 30.3 Å². The number of aromatic nitrogens is 1. The lowest BCUT2D eigenvalue weighted by molar-refractivity contribution is -0.156. The minimum Gasteiger partial charge on any atom is -0.488 e. The quantitative estimate of drug-likeness (QED) is 0.329. The maximum Gasteiger partial charge on any atom is 0.335 e. The van der Waals surface area contributed by atoms with Gasteiger partial charge in [-0.3, -0.25) is 0 Å². The second-order valence-corrected chi connectivity index (χ2v) is 8.83. The molecule has 7 heteroatoms. The van der Waals surface area contributed by atoms with Crippen molar-refractivity contribution in [3.05, 3.63) is 69.2 Å². The van der Waals surface area contributed by atoms with Gasteiger partial charge in [0.1, 0.15) is 17.4 Å². The summed E-state index contributed by atoms with van der Waals surface area (Å²) < 4.78 is 16.8. The number of aryl methyl sites for hydroxylation is 2. The number of ether oxygens (including phenoxy) is 3. The van der Waals surface area contributed by atoms with Gasteiger partial charge in [0, 0.05) is 23.6 Å². The second kappa shape index (κ2) is 11.5. The van der Waals surface area contributed by atoms with Crippen LogP contribution in [0.4, 0.5) is 0 Å². The standard InChI is InChI=1S/C25H28ClNO4S/c1-5-29-22(25(28)30-6-2)14-19-9-12-21(13-16(19)3)31-15-23-17(4)27-24(32-23)18-7-10-20(26)11-8-18/h7-13,22H,5-6,14-15H2,1-4H3. The monoisotopic (exact) mass is 473 g/mol. The molecular formula is C25H28ClNO4S. The minimum absolute atomic E-state index is 0.328. The molecule has 1 atom stereocenters. The molecule has 32 heavy (non-hydrogen) atoms. The van der Waals surface area contributed by atoms with E-state index in [9.17, 15) is 4.79 Å². The van der Waals surface area contributed by atoms with Crippen LogP contribution in [0.2, 0.25) is 5.02 Å². The molecule has 0 aliphatic rings. The number of thiazole rings is 1. The van der Waals surface area contributed by atoms with E-state index in [2.05, 4.69) is 4.98 Å². The first-order valence-corrected chi connectivity index (χ1v) is 11.8. The number of carbonyl (C=O) groups is 1. The van der Waals surface area contributed by atoms with Crippen molar-refractivity contribution in [2.24, 2.45) is 0 Å². The van der Waals surface area contributed by atoms with Gasteiger partial charge in [-0.25, -0.2) is 9.78 Å². The number of hydrogen-bond donors (Lipinski definition) is 0. The summed E-state index contributed by atoms with van der Waals surface area (Å²) in [5.74, 6) is 0.447. The highest BCUT2D eigenvalue weighted by atomic mass is 35.5. The van der Waals surface area contributed by atoms with Crippen LogP contribution in [0.25, 0.3) is 10.6 Å². The molecule has 0 saturated carbocycles. The van der Waals surface area contributed by atoms with Gasteiger partial charge in [-0.05, 0) is 63.1 Å². The number of hydrogen-bond acceptors (Lipinski definition) is 6. The normalized spacial score (nSPS) is 11.9. The first kappa shape index (κ1) is 24.2. The van der Waals surface area contributed by atoms with Gasteiger partial charge in [0.25, 0.3) is 0 Å². The summed E-state index contributed by atoms with van der Waals surface area (Å²) in [4.78, 5) is 17.9. The summed E-state index contributed by atoms with van der Waals surface area (Å²) in [5.41, 5.74) is 4.07. The fraction of sp³-hybridized carbons (Fsp3) is 0.360. The van der Waals surface area contributed by atoms with E-state index in [0.717, 1.165) is 38.0 Å². The Morgan fingerprint density at radius 2 is 1.84 bits per heavy atom. The van der Waals surface area contributed by atoms with Crippen LogP contribution in [0.15, 0.2) is 42.5 Å². The number of halogens is 1. The lowest BCUT2D eigenvalue weighted by Crippen LogP contribution is -2.29. The topological polar surface area (TPSA) is 57.7 Å². The third-order valence-electron chi connectivity index (χ3n) is 4.99. The molecule has 1 aromatic heterocycles. The molecule has 0 N–H and O–H groups in total. The lowest BCUT2D eigenvalue weighted by atomic mass is 10.0. The third-order valence-corrected chi connectivity index (χ3v) is 6.42. The highest BCUT2D eigenvalue weighted by Crippen LogP contribution is 2.30. The molecule has 0 bridgehead atoms. The van der Waals surface area contributed by atoms with Crippen molar-refractivity contribution < 1.29 is 19.0 Å². The molecule has 0 radical (unpaired) electrons. The molecule has 0 saturated heterocycles. The Morgan fingerprint density at radius 1 is 1.09 bits per heavy atom. The Labute approximate surface area is 198 Å². The molecule has 2 aromatic carbocycles. The number of rotatable bonds is 10. The highest BCUT2D eigenvalue weighted by molar-refractivity contribution is 7.15. The van der Waals surface area contributed by atoms with Crippen LogP contribution in [-0.2, 0) is 27.3 Å². The number of carbonyl (C=O) groups excluding carboxylic acids is 1. The van der Waals surface area contributed by atoms with Crippen LogP contribution in [0, 0.1) is 13.8 Å². The Morgan fingerprint density at radius 3 is 2.50 bits per heavy atom. The largest absolute Gasteiger partial charge is 0.488 e. The molecule has 0 spiro atoms. The van der Waals surface area contributed by atoms with Crippen molar-refractivity contribution in [3.8, 4) is 16.3 Å². The molecule has 0 amide bonds. The number of esters is 1. The summed E-state index contributed by atoms with van der Waals surface area (Å²) in [6.07, 6.45) is -0.131. The first-order valence-electron chi connectivity index (χ1n) is 10.6. The predicted octanol–water partition coefficient (Wildman–Crippen LogP) is 6.17. The van der Waals surface area contributed by atoms with Crippen LogP contribution in [0.3, 0.4) is 0 Å². The molecule has 5 nitrogen and oxygen atoms in total. The second-order valence-electron chi connectivity index (χ2n) is 7.31. The van der Waals surface area contributed by atoms with Crippen molar-refractivity contribution in [2.75, 3.05) is 13.2 Å². The van der Waals surface area contributed by atoms with E-state index >= 15 is 0 Å². The van der Waals surface area contributed by atoms with E-state index in [1.807, 2.05) is 63.2 Å².